The molecule has 1 aromatic carbocycles. The molecule has 1 fully saturated rings. The monoisotopic (exact) mass is 278 g/mol. The van der Waals surface area contributed by atoms with Gasteiger partial charge in [-0.2, -0.15) is 0 Å². The van der Waals surface area contributed by atoms with Crippen molar-refractivity contribution in [3.8, 4) is 0 Å². The minimum Gasteiger partial charge on any atom is -0.380 e. The van der Waals surface area contributed by atoms with Crippen molar-refractivity contribution in [2.24, 2.45) is 0 Å². The van der Waals surface area contributed by atoms with Gasteiger partial charge < -0.3 is 19.7 Å². The first-order valence-corrected chi connectivity index (χ1v) is 7.65. The molecule has 0 radical (unpaired) electrons. The number of nitrogens with zero attached hydrogens (tertiary/aromatic N) is 1. The van der Waals surface area contributed by atoms with Gasteiger partial charge in [0.15, 0.2) is 6.29 Å². The van der Waals surface area contributed by atoms with Crippen molar-refractivity contribution in [3.05, 3.63) is 24.3 Å². The standard InChI is InChI=1S/C16H26N2O2/c1-3-19-16(20-4-2)13-17-14-7-9-15(10-8-14)18-11-5-6-12-18/h7-10,16-17H,3-6,11-13H2,1-2H3. The molecule has 0 amide bonds. The molecule has 0 bridgehead atoms. The van der Waals surface area contributed by atoms with Crippen LogP contribution in [-0.2, 0) is 9.47 Å². The minimum atomic E-state index is -0.178. The predicted molar refractivity (Wildman–Crippen MR) is 83.4 cm³/mol. The Bertz CT molecular complexity index is 369. The molecule has 1 aromatic rings. The largest absolute Gasteiger partial charge is 0.380 e. The fourth-order valence-corrected chi connectivity index (χ4v) is 2.50. The Hall–Kier alpha value is -1.26. The van der Waals surface area contributed by atoms with E-state index in [1.165, 1.54) is 31.6 Å². The lowest BCUT2D eigenvalue weighted by atomic mass is 10.2. The summed E-state index contributed by atoms with van der Waals surface area (Å²) < 4.78 is 11.0. The molecule has 0 unspecified atom stereocenters. The zero-order valence-electron chi connectivity index (χ0n) is 12.6. The summed E-state index contributed by atoms with van der Waals surface area (Å²) in [6.45, 7) is 8.34. The summed E-state index contributed by atoms with van der Waals surface area (Å²) in [5, 5.41) is 3.36. The lowest BCUT2D eigenvalue weighted by molar-refractivity contribution is -0.126. The number of hydrogen-bond donors (Lipinski definition) is 1. The van der Waals surface area contributed by atoms with Gasteiger partial charge >= 0.3 is 0 Å². The van der Waals surface area contributed by atoms with Gasteiger partial charge in [-0.25, -0.2) is 0 Å². The molecule has 0 aliphatic carbocycles. The molecular formula is C16H26N2O2. The summed E-state index contributed by atoms with van der Waals surface area (Å²) in [7, 11) is 0. The average molecular weight is 278 g/mol. The van der Waals surface area contributed by atoms with Crippen LogP contribution in [0.15, 0.2) is 24.3 Å². The minimum absolute atomic E-state index is 0.178. The van der Waals surface area contributed by atoms with Gasteiger partial charge in [0.1, 0.15) is 0 Å². The van der Waals surface area contributed by atoms with Crippen LogP contribution in [0.25, 0.3) is 0 Å². The van der Waals surface area contributed by atoms with E-state index in [9.17, 15) is 0 Å². The normalized spacial score (nSPS) is 15.1. The molecule has 112 valence electrons. The molecule has 0 spiro atoms. The number of benzene rings is 1. The molecule has 1 aliphatic heterocycles. The second kappa shape index (κ2) is 8.12. The smallest absolute Gasteiger partial charge is 0.174 e. The van der Waals surface area contributed by atoms with Crippen molar-refractivity contribution in [2.75, 3.05) is 43.1 Å². The van der Waals surface area contributed by atoms with Gasteiger partial charge in [-0.3, -0.25) is 0 Å². The van der Waals surface area contributed by atoms with Crippen molar-refractivity contribution in [3.63, 3.8) is 0 Å². The van der Waals surface area contributed by atoms with E-state index in [-0.39, 0.29) is 6.29 Å². The van der Waals surface area contributed by atoms with E-state index in [2.05, 4.69) is 34.5 Å². The number of ether oxygens (including phenoxy) is 2. The van der Waals surface area contributed by atoms with Gasteiger partial charge in [-0.1, -0.05) is 0 Å². The Morgan fingerprint density at radius 3 is 2.20 bits per heavy atom. The van der Waals surface area contributed by atoms with Crippen molar-refractivity contribution in [1.29, 1.82) is 0 Å². The molecule has 1 N–H and O–H groups in total. The van der Waals surface area contributed by atoms with Crippen molar-refractivity contribution < 1.29 is 9.47 Å². The third-order valence-corrected chi connectivity index (χ3v) is 3.52. The second-order valence-electron chi connectivity index (χ2n) is 4.96. The zero-order chi connectivity index (χ0) is 14.2. The van der Waals surface area contributed by atoms with Crippen molar-refractivity contribution in [2.45, 2.75) is 33.0 Å². The van der Waals surface area contributed by atoms with Crippen LogP contribution in [0.4, 0.5) is 11.4 Å². The number of rotatable bonds is 8. The molecule has 4 heteroatoms. The highest BCUT2D eigenvalue weighted by Gasteiger charge is 2.12. The fraction of sp³-hybridized carbons (Fsp3) is 0.625. The van der Waals surface area contributed by atoms with Crippen LogP contribution in [-0.4, -0.2) is 39.1 Å². The summed E-state index contributed by atoms with van der Waals surface area (Å²) in [6.07, 6.45) is 2.44. The lowest BCUT2D eigenvalue weighted by Crippen LogP contribution is -2.26. The molecule has 4 nitrogen and oxygen atoms in total. The topological polar surface area (TPSA) is 33.7 Å². The molecule has 1 saturated heterocycles. The highest BCUT2D eigenvalue weighted by molar-refractivity contribution is 5.55. The Morgan fingerprint density at radius 2 is 1.65 bits per heavy atom. The summed E-state index contributed by atoms with van der Waals surface area (Å²) in [5.74, 6) is 0. The molecule has 0 saturated carbocycles. The summed E-state index contributed by atoms with van der Waals surface area (Å²) in [4.78, 5) is 2.44. The maximum Gasteiger partial charge on any atom is 0.174 e. The van der Waals surface area contributed by atoms with Crippen LogP contribution < -0.4 is 10.2 Å². The van der Waals surface area contributed by atoms with E-state index in [0.29, 0.717) is 19.8 Å². The highest BCUT2D eigenvalue weighted by atomic mass is 16.7. The maximum absolute atomic E-state index is 5.52. The SMILES string of the molecule is CCOC(CNc1ccc(N2CCCC2)cc1)OCC. The molecule has 0 atom stereocenters. The maximum atomic E-state index is 5.52. The Labute approximate surface area is 122 Å². The van der Waals surface area contributed by atoms with Crippen LogP contribution in [0, 0.1) is 0 Å². The van der Waals surface area contributed by atoms with E-state index in [4.69, 9.17) is 9.47 Å². The van der Waals surface area contributed by atoms with E-state index < -0.39 is 0 Å². The number of anilines is 2. The zero-order valence-corrected chi connectivity index (χ0v) is 12.6. The van der Waals surface area contributed by atoms with Gasteiger partial charge in [-0.15, -0.1) is 0 Å². The first-order chi connectivity index (χ1) is 9.83. The van der Waals surface area contributed by atoms with Crippen LogP contribution in [0.1, 0.15) is 26.7 Å². The summed E-state index contributed by atoms with van der Waals surface area (Å²) in [5.41, 5.74) is 2.43. The Morgan fingerprint density at radius 1 is 1.05 bits per heavy atom. The first kappa shape index (κ1) is 15.1. The third-order valence-electron chi connectivity index (χ3n) is 3.52. The van der Waals surface area contributed by atoms with E-state index in [0.717, 1.165) is 5.69 Å². The quantitative estimate of drug-likeness (QED) is 0.741. The number of nitrogens with one attached hydrogen (secondary N) is 1. The van der Waals surface area contributed by atoms with Gasteiger partial charge in [-0.05, 0) is 51.0 Å². The van der Waals surface area contributed by atoms with Gasteiger partial charge in [0.2, 0.25) is 0 Å². The molecule has 2 rings (SSSR count). The third kappa shape index (κ3) is 4.39. The van der Waals surface area contributed by atoms with E-state index in [1.54, 1.807) is 0 Å². The fourth-order valence-electron chi connectivity index (χ4n) is 2.50. The van der Waals surface area contributed by atoms with Crippen LogP contribution >= 0.6 is 0 Å². The molecule has 1 heterocycles. The van der Waals surface area contributed by atoms with Crippen LogP contribution in [0.3, 0.4) is 0 Å². The summed E-state index contributed by atoms with van der Waals surface area (Å²) in [6, 6.07) is 8.62. The lowest BCUT2D eigenvalue weighted by Gasteiger charge is -2.20. The van der Waals surface area contributed by atoms with Crippen LogP contribution in [0.5, 0.6) is 0 Å². The average Bonchev–Trinajstić information content (AvgIpc) is 3.00. The van der Waals surface area contributed by atoms with Gasteiger partial charge in [0.25, 0.3) is 0 Å². The molecular weight excluding hydrogens is 252 g/mol. The predicted octanol–water partition coefficient (Wildman–Crippen LogP) is 3.10. The first-order valence-electron chi connectivity index (χ1n) is 7.65. The number of hydrogen-bond acceptors (Lipinski definition) is 4. The van der Waals surface area contributed by atoms with E-state index >= 15 is 0 Å². The second-order valence-corrected chi connectivity index (χ2v) is 4.96. The molecule has 0 aromatic heterocycles. The molecule has 1 aliphatic rings. The van der Waals surface area contributed by atoms with Gasteiger partial charge in [0, 0.05) is 37.7 Å². The van der Waals surface area contributed by atoms with Crippen molar-refractivity contribution >= 4 is 11.4 Å². The Kier molecular flexibility index (Phi) is 6.15. The summed E-state index contributed by atoms with van der Waals surface area (Å²) >= 11 is 0. The van der Waals surface area contributed by atoms with Crippen LogP contribution in [0.2, 0.25) is 0 Å². The van der Waals surface area contributed by atoms with Crippen molar-refractivity contribution in [1.82, 2.24) is 0 Å². The van der Waals surface area contributed by atoms with E-state index in [1.807, 2.05) is 13.8 Å². The van der Waals surface area contributed by atoms with Gasteiger partial charge in [0.05, 0.1) is 6.54 Å². The Balaban J connectivity index is 1.83. The highest BCUT2D eigenvalue weighted by Crippen LogP contribution is 2.22. The molecule has 20 heavy (non-hydrogen) atoms.